The van der Waals surface area contributed by atoms with Gasteiger partial charge in [-0.15, -0.1) is 0 Å². The molecule has 1 aliphatic rings. The van der Waals surface area contributed by atoms with Crippen LogP contribution >= 0.6 is 27.5 Å². The van der Waals surface area contributed by atoms with Crippen molar-refractivity contribution in [3.63, 3.8) is 0 Å². The molecule has 1 atom stereocenters. The molecule has 0 saturated carbocycles. The third kappa shape index (κ3) is 2.72. The van der Waals surface area contributed by atoms with Crippen molar-refractivity contribution in [1.29, 1.82) is 0 Å². The molecule has 21 heavy (non-hydrogen) atoms. The van der Waals surface area contributed by atoms with Crippen molar-refractivity contribution >= 4 is 33.4 Å². The maximum absolute atomic E-state index is 12.7. The highest BCUT2D eigenvalue weighted by atomic mass is 79.9. The molecule has 0 fully saturated rings. The summed E-state index contributed by atoms with van der Waals surface area (Å²) >= 11 is 9.36. The van der Waals surface area contributed by atoms with Crippen LogP contribution in [0.15, 0.2) is 46.9 Å². The van der Waals surface area contributed by atoms with Crippen molar-refractivity contribution in [3.8, 4) is 0 Å². The first kappa shape index (κ1) is 14.6. The summed E-state index contributed by atoms with van der Waals surface area (Å²) in [6, 6.07) is 13.8. The minimum absolute atomic E-state index is 0.0223. The number of hydrogen-bond acceptors (Lipinski definition) is 1. The highest BCUT2D eigenvalue weighted by Crippen LogP contribution is 2.35. The number of carbonyl (C=O) groups is 1. The van der Waals surface area contributed by atoms with E-state index in [-0.39, 0.29) is 11.9 Å². The van der Waals surface area contributed by atoms with Crippen LogP contribution < -0.4 is 0 Å². The molecule has 0 saturated heterocycles. The molecule has 0 aromatic heterocycles. The third-order valence-corrected chi connectivity index (χ3v) is 5.27. The van der Waals surface area contributed by atoms with Gasteiger partial charge in [-0.05, 0) is 58.1 Å². The van der Waals surface area contributed by atoms with Gasteiger partial charge in [0, 0.05) is 17.1 Å². The number of aryl methyl sites for hydroxylation is 1. The molecule has 0 heterocycles. The average Bonchev–Trinajstić information content (AvgIpc) is 2.92. The predicted molar refractivity (Wildman–Crippen MR) is 88.7 cm³/mol. The van der Waals surface area contributed by atoms with Crippen molar-refractivity contribution in [2.45, 2.75) is 18.9 Å². The van der Waals surface area contributed by atoms with Crippen LogP contribution in [0, 0.1) is 0 Å². The summed E-state index contributed by atoms with van der Waals surface area (Å²) in [4.78, 5) is 14.5. The van der Waals surface area contributed by atoms with Crippen LogP contribution in [0.25, 0.3) is 0 Å². The van der Waals surface area contributed by atoms with E-state index in [1.165, 1.54) is 11.1 Å². The van der Waals surface area contributed by atoms with Gasteiger partial charge in [0.1, 0.15) is 0 Å². The largest absolute Gasteiger partial charge is 0.335 e. The molecular weight excluding hydrogens is 350 g/mol. The fourth-order valence-corrected chi connectivity index (χ4v) is 3.41. The number of rotatable bonds is 2. The van der Waals surface area contributed by atoms with Gasteiger partial charge in [0.05, 0.1) is 11.1 Å². The monoisotopic (exact) mass is 363 g/mol. The van der Waals surface area contributed by atoms with Gasteiger partial charge in [-0.3, -0.25) is 4.79 Å². The summed E-state index contributed by atoms with van der Waals surface area (Å²) in [7, 11) is 1.87. The molecule has 2 aromatic rings. The van der Waals surface area contributed by atoms with E-state index in [1.807, 2.05) is 18.0 Å². The van der Waals surface area contributed by atoms with Crippen LogP contribution in [0.3, 0.4) is 0 Å². The lowest BCUT2D eigenvalue weighted by Gasteiger charge is -2.25. The zero-order valence-corrected chi connectivity index (χ0v) is 14.0. The zero-order valence-electron chi connectivity index (χ0n) is 11.6. The summed E-state index contributed by atoms with van der Waals surface area (Å²) < 4.78 is 0.746. The van der Waals surface area contributed by atoms with Crippen LogP contribution in [0.4, 0.5) is 0 Å². The molecule has 0 aliphatic heterocycles. The minimum Gasteiger partial charge on any atom is -0.335 e. The number of hydrogen-bond donors (Lipinski definition) is 0. The maximum atomic E-state index is 12.7. The van der Waals surface area contributed by atoms with Crippen LogP contribution in [0.5, 0.6) is 0 Å². The molecule has 3 rings (SSSR count). The Morgan fingerprint density at radius 1 is 1.29 bits per heavy atom. The zero-order chi connectivity index (χ0) is 15.0. The first-order chi connectivity index (χ1) is 10.1. The summed E-state index contributed by atoms with van der Waals surface area (Å²) in [6.45, 7) is 0. The van der Waals surface area contributed by atoms with Gasteiger partial charge >= 0.3 is 0 Å². The summed E-state index contributed by atoms with van der Waals surface area (Å²) in [6.07, 6.45) is 2.01. The lowest BCUT2D eigenvalue weighted by molar-refractivity contribution is 0.0730. The van der Waals surface area contributed by atoms with Crippen molar-refractivity contribution in [3.05, 3.63) is 68.7 Å². The number of amides is 1. The first-order valence-corrected chi connectivity index (χ1v) is 8.05. The van der Waals surface area contributed by atoms with Crippen LogP contribution in [-0.2, 0) is 6.42 Å². The number of nitrogens with zero attached hydrogens (tertiary/aromatic N) is 1. The number of benzene rings is 2. The Hall–Kier alpha value is -1.32. The second-order valence-corrected chi connectivity index (χ2v) is 6.56. The number of halogens is 2. The van der Waals surface area contributed by atoms with E-state index < -0.39 is 0 Å². The summed E-state index contributed by atoms with van der Waals surface area (Å²) in [5.41, 5.74) is 3.26. The predicted octanol–water partition coefficient (Wildman–Crippen LogP) is 4.86. The Morgan fingerprint density at radius 3 is 2.81 bits per heavy atom. The average molecular weight is 365 g/mol. The molecule has 1 aliphatic carbocycles. The first-order valence-electron chi connectivity index (χ1n) is 6.88. The molecule has 2 aromatic carbocycles. The van der Waals surface area contributed by atoms with E-state index in [0.29, 0.717) is 10.6 Å². The van der Waals surface area contributed by atoms with Crippen LogP contribution in [-0.4, -0.2) is 17.9 Å². The molecule has 108 valence electrons. The molecule has 1 unspecified atom stereocenters. The molecule has 4 heteroatoms. The molecule has 1 amide bonds. The Balaban J connectivity index is 1.87. The van der Waals surface area contributed by atoms with Crippen LogP contribution in [0.1, 0.15) is 33.9 Å². The number of carbonyl (C=O) groups excluding carboxylic acids is 1. The molecule has 2 nitrogen and oxygen atoms in total. The highest BCUT2D eigenvalue weighted by molar-refractivity contribution is 9.10. The van der Waals surface area contributed by atoms with Crippen LogP contribution in [0.2, 0.25) is 5.02 Å². The Kier molecular flexibility index (Phi) is 4.05. The van der Waals surface area contributed by atoms with Gasteiger partial charge < -0.3 is 4.90 Å². The lowest BCUT2D eigenvalue weighted by atomic mass is 10.1. The third-order valence-electron chi connectivity index (χ3n) is 4.06. The Labute approximate surface area is 137 Å². The van der Waals surface area contributed by atoms with E-state index in [1.54, 1.807) is 18.2 Å². The number of fused-ring (bicyclic) bond motifs is 1. The van der Waals surface area contributed by atoms with Gasteiger partial charge in [0.15, 0.2) is 0 Å². The molecule has 0 N–H and O–H groups in total. The van der Waals surface area contributed by atoms with Crippen molar-refractivity contribution in [2.24, 2.45) is 0 Å². The topological polar surface area (TPSA) is 20.3 Å². The van der Waals surface area contributed by atoms with E-state index in [0.717, 1.165) is 17.3 Å². The lowest BCUT2D eigenvalue weighted by Crippen LogP contribution is -2.30. The second-order valence-electron chi connectivity index (χ2n) is 5.30. The normalized spacial score (nSPS) is 16.6. The highest BCUT2D eigenvalue weighted by Gasteiger charge is 2.28. The van der Waals surface area contributed by atoms with E-state index in [2.05, 4.69) is 34.1 Å². The van der Waals surface area contributed by atoms with Gasteiger partial charge in [0.25, 0.3) is 5.91 Å². The standard InChI is InChI=1S/C17H15BrClNO/c1-20(16-9-7-11-4-2-3-5-13(11)16)17(21)12-6-8-15(19)14(18)10-12/h2-6,8,10,16H,7,9H2,1H3. The molecule has 0 radical (unpaired) electrons. The fourth-order valence-electron chi connectivity index (χ4n) is 2.91. The fraction of sp³-hybridized carbons (Fsp3) is 0.235. The quantitative estimate of drug-likeness (QED) is 0.745. The Morgan fingerprint density at radius 2 is 2.05 bits per heavy atom. The summed E-state index contributed by atoms with van der Waals surface area (Å²) in [5, 5.41) is 0.611. The van der Waals surface area contributed by atoms with Crippen molar-refractivity contribution < 1.29 is 4.79 Å². The van der Waals surface area contributed by atoms with E-state index in [4.69, 9.17) is 11.6 Å². The van der Waals surface area contributed by atoms with Crippen molar-refractivity contribution in [1.82, 2.24) is 4.90 Å². The minimum atomic E-state index is 0.0223. The van der Waals surface area contributed by atoms with Crippen molar-refractivity contribution in [2.75, 3.05) is 7.05 Å². The molecular formula is C17H15BrClNO. The molecule has 0 bridgehead atoms. The summed E-state index contributed by atoms with van der Waals surface area (Å²) in [5.74, 6) is 0.0223. The van der Waals surface area contributed by atoms with Gasteiger partial charge in [-0.1, -0.05) is 35.9 Å². The van der Waals surface area contributed by atoms with Gasteiger partial charge in [-0.25, -0.2) is 0 Å². The SMILES string of the molecule is CN(C(=O)c1ccc(Cl)c(Br)c1)C1CCc2ccccc21. The maximum Gasteiger partial charge on any atom is 0.254 e. The second kappa shape index (κ2) is 5.82. The van der Waals surface area contributed by atoms with Gasteiger partial charge in [-0.2, -0.15) is 0 Å². The van der Waals surface area contributed by atoms with E-state index >= 15 is 0 Å². The Bertz CT molecular complexity index is 701. The smallest absolute Gasteiger partial charge is 0.254 e. The molecule has 0 spiro atoms. The van der Waals surface area contributed by atoms with Gasteiger partial charge in [0.2, 0.25) is 0 Å². The van der Waals surface area contributed by atoms with E-state index in [9.17, 15) is 4.79 Å².